The van der Waals surface area contributed by atoms with Crippen molar-refractivity contribution in [3.8, 4) is 0 Å². The Bertz CT molecular complexity index is 1010. The van der Waals surface area contributed by atoms with Crippen LogP contribution in [0.15, 0.2) is 0 Å². The second-order valence-electron chi connectivity index (χ2n) is 21.6. The van der Waals surface area contributed by atoms with Crippen LogP contribution in [-0.4, -0.2) is 37.2 Å². The molecule has 392 valence electrons. The van der Waals surface area contributed by atoms with Gasteiger partial charge in [0.25, 0.3) is 0 Å². The lowest BCUT2D eigenvalue weighted by Gasteiger charge is -2.18. The molecule has 0 spiro atoms. The number of hydrogen-bond donors (Lipinski definition) is 0. The highest BCUT2D eigenvalue weighted by Gasteiger charge is 2.19. The van der Waals surface area contributed by atoms with E-state index in [2.05, 4.69) is 34.6 Å². The van der Waals surface area contributed by atoms with Crippen LogP contribution in [0.3, 0.4) is 0 Å². The SMILES string of the molecule is CCCCCCCCCCCCCCC(=O)OC[C@H](COC(=O)CCCCCCCCCCCCCCCCCC(C)C)OC(=O)CCCCCCCCCCCCCCCCCC(C)C. The lowest BCUT2D eigenvalue weighted by atomic mass is 10.0. The van der Waals surface area contributed by atoms with Crippen LogP contribution in [0.1, 0.15) is 336 Å². The van der Waals surface area contributed by atoms with Crippen LogP contribution in [0.5, 0.6) is 0 Å². The van der Waals surface area contributed by atoms with Gasteiger partial charge in [-0.05, 0) is 31.1 Å². The summed E-state index contributed by atoms with van der Waals surface area (Å²) in [6, 6.07) is 0. The first-order chi connectivity index (χ1) is 32.2. The summed E-state index contributed by atoms with van der Waals surface area (Å²) in [6.45, 7) is 11.4. The largest absolute Gasteiger partial charge is 0.462 e. The predicted molar refractivity (Wildman–Crippen MR) is 284 cm³/mol. The number of carbonyl (C=O) groups is 3. The van der Waals surface area contributed by atoms with Crippen LogP contribution in [-0.2, 0) is 28.6 Å². The molecule has 0 aromatic rings. The molecule has 0 aliphatic heterocycles. The van der Waals surface area contributed by atoms with E-state index in [1.54, 1.807) is 0 Å². The topological polar surface area (TPSA) is 78.9 Å². The molecule has 0 aliphatic carbocycles. The number of rotatable bonds is 54. The standard InChI is InChI=1S/C60H116O6/c1-6-7-8-9-10-11-12-25-30-35-40-45-50-58(61)64-53-57(66-60(63)52-47-42-37-32-27-22-18-14-16-20-24-29-34-39-44-49-56(4)5)54-65-59(62)51-46-41-36-31-26-21-17-13-15-19-23-28-33-38-43-48-55(2)3/h55-57H,6-54H2,1-5H3/t57-/m1/s1. The smallest absolute Gasteiger partial charge is 0.306 e. The first kappa shape index (κ1) is 64.4. The fraction of sp³-hybridized carbons (Fsp3) is 0.950. The quantitative estimate of drug-likeness (QED) is 0.0343. The van der Waals surface area contributed by atoms with Crippen LogP contribution < -0.4 is 0 Å². The molecule has 0 rings (SSSR count). The van der Waals surface area contributed by atoms with E-state index in [1.807, 2.05) is 0 Å². The van der Waals surface area contributed by atoms with E-state index in [0.29, 0.717) is 19.3 Å². The molecule has 0 aliphatic rings. The molecular formula is C60H116O6. The Balaban J connectivity index is 4.27. The number of carbonyl (C=O) groups excluding carboxylic acids is 3. The highest BCUT2D eigenvalue weighted by molar-refractivity contribution is 5.71. The minimum atomic E-state index is -0.762. The van der Waals surface area contributed by atoms with Gasteiger partial charge in [-0.1, -0.05) is 298 Å². The normalized spacial score (nSPS) is 12.0. The van der Waals surface area contributed by atoms with Gasteiger partial charge in [0.15, 0.2) is 6.10 Å². The Labute approximate surface area is 412 Å². The molecule has 0 amide bonds. The average molecular weight is 934 g/mol. The molecule has 6 nitrogen and oxygen atoms in total. The van der Waals surface area contributed by atoms with E-state index in [-0.39, 0.29) is 31.1 Å². The molecule has 0 bridgehead atoms. The van der Waals surface area contributed by atoms with Crippen LogP contribution in [0, 0.1) is 11.8 Å². The molecule has 0 N–H and O–H groups in total. The van der Waals surface area contributed by atoms with Gasteiger partial charge in [0.2, 0.25) is 0 Å². The maximum absolute atomic E-state index is 12.9. The van der Waals surface area contributed by atoms with Gasteiger partial charge in [-0.2, -0.15) is 0 Å². The van der Waals surface area contributed by atoms with Crippen LogP contribution in [0.4, 0.5) is 0 Å². The predicted octanol–water partition coefficient (Wildman–Crippen LogP) is 19.7. The van der Waals surface area contributed by atoms with E-state index in [0.717, 1.165) is 69.6 Å². The molecular weight excluding hydrogens is 817 g/mol. The lowest BCUT2D eigenvalue weighted by molar-refractivity contribution is -0.167. The molecule has 6 heteroatoms. The minimum Gasteiger partial charge on any atom is -0.462 e. The molecule has 1 atom stereocenters. The Morgan fingerprint density at radius 1 is 0.288 bits per heavy atom. The van der Waals surface area contributed by atoms with E-state index < -0.39 is 6.10 Å². The second kappa shape index (κ2) is 52.8. The molecule has 0 aromatic carbocycles. The van der Waals surface area contributed by atoms with E-state index in [4.69, 9.17) is 14.2 Å². The van der Waals surface area contributed by atoms with Gasteiger partial charge in [0, 0.05) is 19.3 Å². The van der Waals surface area contributed by atoms with E-state index in [9.17, 15) is 14.4 Å². The van der Waals surface area contributed by atoms with Gasteiger partial charge in [-0.3, -0.25) is 14.4 Å². The first-order valence-corrected chi connectivity index (χ1v) is 29.7. The fourth-order valence-corrected chi connectivity index (χ4v) is 9.23. The van der Waals surface area contributed by atoms with Crippen molar-refractivity contribution in [3.63, 3.8) is 0 Å². The van der Waals surface area contributed by atoms with Crippen molar-refractivity contribution in [1.82, 2.24) is 0 Å². The minimum absolute atomic E-state index is 0.0623. The van der Waals surface area contributed by atoms with Gasteiger partial charge in [-0.15, -0.1) is 0 Å². The van der Waals surface area contributed by atoms with Gasteiger partial charge in [-0.25, -0.2) is 0 Å². The zero-order chi connectivity index (χ0) is 48.2. The monoisotopic (exact) mass is 933 g/mol. The van der Waals surface area contributed by atoms with Crippen molar-refractivity contribution in [1.29, 1.82) is 0 Å². The van der Waals surface area contributed by atoms with Gasteiger partial charge < -0.3 is 14.2 Å². The third-order valence-electron chi connectivity index (χ3n) is 13.7. The second-order valence-corrected chi connectivity index (χ2v) is 21.6. The third kappa shape index (κ3) is 53.4. The van der Waals surface area contributed by atoms with Crippen LogP contribution in [0.2, 0.25) is 0 Å². The van der Waals surface area contributed by atoms with Gasteiger partial charge in [0.05, 0.1) is 0 Å². The Morgan fingerprint density at radius 3 is 0.742 bits per heavy atom. The fourth-order valence-electron chi connectivity index (χ4n) is 9.23. The van der Waals surface area contributed by atoms with Crippen molar-refractivity contribution < 1.29 is 28.6 Å². The Morgan fingerprint density at radius 2 is 0.500 bits per heavy atom. The Hall–Kier alpha value is -1.59. The molecule has 0 unspecified atom stereocenters. The van der Waals surface area contributed by atoms with Crippen molar-refractivity contribution >= 4 is 17.9 Å². The van der Waals surface area contributed by atoms with Gasteiger partial charge in [0.1, 0.15) is 13.2 Å². The number of esters is 3. The summed E-state index contributed by atoms with van der Waals surface area (Å²) in [5.74, 6) is 0.860. The van der Waals surface area contributed by atoms with Crippen molar-refractivity contribution in [2.24, 2.45) is 11.8 Å². The van der Waals surface area contributed by atoms with Gasteiger partial charge >= 0.3 is 17.9 Å². The number of hydrogen-bond acceptors (Lipinski definition) is 6. The summed E-state index contributed by atoms with van der Waals surface area (Å²) < 4.78 is 16.9. The maximum Gasteiger partial charge on any atom is 0.306 e. The summed E-state index contributed by atoms with van der Waals surface area (Å²) in [6.07, 6.45) is 56.6. The molecule has 0 fully saturated rings. The Kier molecular flexibility index (Phi) is 51.5. The van der Waals surface area contributed by atoms with Crippen molar-refractivity contribution in [3.05, 3.63) is 0 Å². The molecule has 66 heavy (non-hydrogen) atoms. The van der Waals surface area contributed by atoms with E-state index >= 15 is 0 Å². The molecule has 0 aromatic heterocycles. The molecule has 0 saturated carbocycles. The summed E-state index contributed by atoms with van der Waals surface area (Å²) in [7, 11) is 0. The third-order valence-corrected chi connectivity index (χ3v) is 13.7. The molecule has 0 radical (unpaired) electrons. The number of ether oxygens (including phenoxy) is 3. The maximum atomic E-state index is 12.9. The number of unbranched alkanes of at least 4 members (excludes halogenated alkanes) is 39. The van der Waals surface area contributed by atoms with Crippen molar-refractivity contribution in [2.75, 3.05) is 13.2 Å². The summed E-state index contributed by atoms with van der Waals surface area (Å²) >= 11 is 0. The molecule has 0 heterocycles. The first-order valence-electron chi connectivity index (χ1n) is 29.7. The highest BCUT2D eigenvalue weighted by atomic mass is 16.6. The summed E-state index contributed by atoms with van der Waals surface area (Å²) in [5.41, 5.74) is 0. The summed E-state index contributed by atoms with van der Waals surface area (Å²) in [4.78, 5) is 38.2. The lowest BCUT2D eigenvalue weighted by Crippen LogP contribution is -2.30. The van der Waals surface area contributed by atoms with Crippen LogP contribution in [0.25, 0.3) is 0 Å². The van der Waals surface area contributed by atoms with E-state index in [1.165, 1.54) is 225 Å². The van der Waals surface area contributed by atoms with Crippen LogP contribution >= 0.6 is 0 Å². The average Bonchev–Trinajstić information content (AvgIpc) is 3.29. The zero-order valence-electron chi connectivity index (χ0n) is 45.3. The molecule has 0 saturated heterocycles. The zero-order valence-corrected chi connectivity index (χ0v) is 45.3. The highest BCUT2D eigenvalue weighted by Crippen LogP contribution is 2.18. The van der Waals surface area contributed by atoms with Crippen molar-refractivity contribution in [2.45, 2.75) is 343 Å². The summed E-state index contributed by atoms with van der Waals surface area (Å²) in [5, 5.41) is 0.